The number of ether oxygens (including phenoxy) is 1. The van der Waals surface area contributed by atoms with Crippen molar-refractivity contribution in [2.75, 3.05) is 7.11 Å². The Morgan fingerprint density at radius 1 is 0.833 bits per heavy atom. The molecule has 0 spiro atoms. The Morgan fingerprint density at radius 2 is 1.31 bits per heavy atom. The van der Waals surface area contributed by atoms with E-state index in [9.17, 15) is 5.11 Å². The van der Waals surface area contributed by atoms with Crippen LogP contribution in [-0.4, -0.2) is 17.8 Å². The predicted octanol–water partition coefficient (Wildman–Crippen LogP) is 7.59. The van der Waals surface area contributed by atoms with Gasteiger partial charge in [-0.25, -0.2) is 0 Å². The summed E-state index contributed by atoms with van der Waals surface area (Å²) in [7, 11) is 1.64. The van der Waals surface area contributed by atoms with Crippen molar-refractivity contribution >= 4 is 5.69 Å². The van der Waals surface area contributed by atoms with Gasteiger partial charge in [0.05, 0.1) is 12.7 Å². The van der Waals surface area contributed by atoms with Gasteiger partial charge in [0.2, 0.25) is 0 Å². The third-order valence-corrected chi connectivity index (χ3v) is 6.67. The first-order chi connectivity index (χ1) is 17.0. The fourth-order valence-corrected chi connectivity index (χ4v) is 3.94. The van der Waals surface area contributed by atoms with E-state index in [4.69, 9.17) is 4.74 Å². The Kier molecular flexibility index (Phi) is 13.5. The van der Waals surface area contributed by atoms with E-state index in [0.717, 1.165) is 29.8 Å². The summed E-state index contributed by atoms with van der Waals surface area (Å²) >= 11 is 0. The number of hydrogen-bond donors (Lipinski definition) is 1. The summed E-state index contributed by atoms with van der Waals surface area (Å²) in [4.78, 5) is 0. The maximum Gasteiger partial charge on any atom is 3.00 e. The van der Waals surface area contributed by atoms with Crippen LogP contribution >= 0.6 is 0 Å². The van der Waals surface area contributed by atoms with Crippen LogP contribution in [0, 0.1) is 69.6 Å². The van der Waals surface area contributed by atoms with Crippen molar-refractivity contribution in [2.24, 2.45) is 5.41 Å². The Labute approximate surface area is 239 Å². The van der Waals surface area contributed by atoms with E-state index in [0.29, 0.717) is 0 Å². The standard InChI is InChI=1S/C22H26NO2.2C5H5.Zr/c1-21(14-15-21)22(2,24)18(17-9-5-4-6-10-17)13-16-23-19-11-7-8-12-20(19)25-3;2*1-2-4-5-3-1;/h4-13,16,18,24H,14-15H2,1-3H3;2*1-5H;/q-1;;;+3/b16-13-;;;/t18-,22+;;;/m0.../s1. The van der Waals surface area contributed by atoms with Crippen molar-refractivity contribution in [3.63, 3.8) is 0 Å². The van der Waals surface area contributed by atoms with Crippen molar-refractivity contribution in [3.8, 4) is 5.75 Å². The second kappa shape index (κ2) is 15.8. The van der Waals surface area contributed by atoms with Crippen LogP contribution in [0.25, 0.3) is 5.32 Å². The van der Waals surface area contributed by atoms with E-state index in [1.807, 2.05) is 120 Å². The molecule has 2 atom stereocenters. The van der Waals surface area contributed by atoms with Crippen LogP contribution in [0.4, 0.5) is 5.69 Å². The predicted molar refractivity (Wildman–Crippen MR) is 145 cm³/mol. The topological polar surface area (TPSA) is 43.6 Å². The monoisotopic (exact) mass is 556 g/mol. The molecule has 3 nitrogen and oxygen atoms in total. The number of nitrogens with zero attached hydrogens (tertiary/aromatic N) is 1. The van der Waals surface area contributed by atoms with Crippen molar-refractivity contribution in [1.82, 2.24) is 0 Å². The first-order valence-electron chi connectivity index (χ1n) is 12.1. The van der Waals surface area contributed by atoms with Gasteiger partial charge < -0.3 is 15.2 Å². The van der Waals surface area contributed by atoms with Crippen LogP contribution in [0.2, 0.25) is 0 Å². The zero-order chi connectivity index (χ0) is 25.0. The molecular formula is C32H36NO2Zr+2. The fraction of sp³-hybridized carbons (Fsp3) is 0.250. The van der Waals surface area contributed by atoms with Gasteiger partial charge in [-0.15, -0.1) is 0 Å². The van der Waals surface area contributed by atoms with E-state index in [1.54, 1.807) is 13.3 Å². The largest absolute Gasteiger partial charge is 3.00 e. The SMILES string of the molecule is COc1ccccc1[N-]/C=C\[C@@H](c1ccccc1)[C@@](C)(O)C1(C)CC1.[CH]1[CH][CH][CH][CH]1.[CH]1[CH][CH][CH][CH]1.[Zr+3]. The molecular weight excluding hydrogens is 522 g/mol. The molecule has 2 aromatic rings. The van der Waals surface area contributed by atoms with Crippen LogP contribution < -0.4 is 4.74 Å². The van der Waals surface area contributed by atoms with Crippen LogP contribution in [0.1, 0.15) is 38.2 Å². The summed E-state index contributed by atoms with van der Waals surface area (Å²) in [6.07, 6.45) is 25.9. The van der Waals surface area contributed by atoms with Crippen LogP contribution in [0.3, 0.4) is 0 Å². The summed E-state index contributed by atoms with van der Waals surface area (Å²) in [5, 5.41) is 15.8. The van der Waals surface area contributed by atoms with Gasteiger partial charge in [0.1, 0.15) is 5.75 Å². The summed E-state index contributed by atoms with van der Waals surface area (Å²) in [6, 6.07) is 17.8. The quantitative estimate of drug-likeness (QED) is 0.381. The number of para-hydroxylation sites is 2. The maximum absolute atomic E-state index is 11.3. The fourth-order valence-electron chi connectivity index (χ4n) is 3.94. The molecule has 0 aromatic heterocycles. The second-order valence-corrected chi connectivity index (χ2v) is 9.16. The molecule has 5 rings (SSSR count). The third-order valence-electron chi connectivity index (χ3n) is 6.67. The maximum atomic E-state index is 11.3. The van der Waals surface area contributed by atoms with Gasteiger partial charge in [-0.3, -0.25) is 0 Å². The molecule has 0 saturated heterocycles. The second-order valence-electron chi connectivity index (χ2n) is 9.16. The molecule has 2 aromatic carbocycles. The number of rotatable bonds is 7. The molecule has 3 fully saturated rings. The van der Waals surface area contributed by atoms with Gasteiger partial charge in [0.25, 0.3) is 0 Å². The molecule has 0 aliphatic heterocycles. The minimum Gasteiger partial charge on any atom is -0.661 e. The number of methoxy groups -OCH3 is 1. The molecule has 3 saturated carbocycles. The third kappa shape index (κ3) is 9.18. The first-order valence-corrected chi connectivity index (χ1v) is 12.1. The average molecular weight is 558 g/mol. The number of aliphatic hydroxyl groups is 1. The van der Waals surface area contributed by atoms with Gasteiger partial charge in [0, 0.05) is 5.92 Å². The van der Waals surface area contributed by atoms with Crippen molar-refractivity contribution in [1.29, 1.82) is 0 Å². The molecule has 183 valence electrons. The van der Waals surface area contributed by atoms with E-state index in [-0.39, 0.29) is 37.5 Å². The van der Waals surface area contributed by atoms with Gasteiger partial charge in [-0.1, -0.05) is 67.2 Å². The van der Waals surface area contributed by atoms with Gasteiger partial charge in [0.15, 0.2) is 0 Å². The number of hydrogen-bond acceptors (Lipinski definition) is 2. The summed E-state index contributed by atoms with van der Waals surface area (Å²) in [5.74, 6) is 0.629. The summed E-state index contributed by atoms with van der Waals surface area (Å²) < 4.78 is 5.34. The van der Waals surface area contributed by atoms with E-state index in [2.05, 4.69) is 24.4 Å². The molecule has 1 N–H and O–H groups in total. The average Bonchev–Trinajstić information content (AvgIpc) is 3.33. The van der Waals surface area contributed by atoms with E-state index in [1.165, 1.54) is 0 Å². The zero-order valence-electron chi connectivity index (χ0n) is 21.4. The molecule has 0 amide bonds. The van der Waals surface area contributed by atoms with Crippen LogP contribution in [0.5, 0.6) is 5.75 Å². The van der Waals surface area contributed by atoms with Crippen LogP contribution in [0.15, 0.2) is 66.9 Å². The molecule has 4 heteroatoms. The van der Waals surface area contributed by atoms with Crippen molar-refractivity contribution < 1.29 is 36.0 Å². The van der Waals surface area contributed by atoms with E-state index < -0.39 is 5.60 Å². The molecule has 0 bridgehead atoms. The molecule has 0 unspecified atom stereocenters. The van der Waals surface area contributed by atoms with Gasteiger partial charge in [-0.2, -0.15) is 6.20 Å². The first kappa shape index (κ1) is 30.8. The molecule has 0 heterocycles. The van der Waals surface area contributed by atoms with Gasteiger partial charge in [-0.05, 0) is 101 Å². The Morgan fingerprint density at radius 3 is 1.78 bits per heavy atom. The summed E-state index contributed by atoms with van der Waals surface area (Å²) in [5.41, 5.74) is 1.03. The smallest absolute Gasteiger partial charge is 0.661 e. The Balaban J connectivity index is 0.000000343. The number of benzene rings is 2. The minimum atomic E-state index is -0.818. The van der Waals surface area contributed by atoms with Crippen LogP contribution in [-0.2, 0) is 26.2 Å². The van der Waals surface area contributed by atoms with Crippen molar-refractivity contribution in [3.05, 3.63) is 142 Å². The zero-order valence-corrected chi connectivity index (χ0v) is 23.9. The minimum absolute atomic E-state index is 0. The molecule has 11 radical (unpaired) electrons. The normalized spacial score (nSPS) is 20.0. The summed E-state index contributed by atoms with van der Waals surface area (Å²) in [6.45, 7) is 4.11. The Hall–Kier alpha value is -1.38. The Bertz CT molecular complexity index is 859. The molecule has 3 aliphatic carbocycles. The van der Waals surface area contributed by atoms with E-state index >= 15 is 0 Å². The molecule has 36 heavy (non-hydrogen) atoms. The van der Waals surface area contributed by atoms with Crippen molar-refractivity contribution in [2.45, 2.75) is 38.2 Å². The molecule has 3 aliphatic rings. The van der Waals surface area contributed by atoms with Gasteiger partial charge >= 0.3 is 26.2 Å².